The molecule has 0 spiro atoms. The van der Waals surface area contributed by atoms with E-state index in [2.05, 4.69) is 0 Å². The van der Waals surface area contributed by atoms with Crippen LogP contribution in [-0.2, 0) is 19.1 Å². The summed E-state index contributed by atoms with van der Waals surface area (Å²) < 4.78 is 9.98. The van der Waals surface area contributed by atoms with Crippen molar-refractivity contribution in [3.63, 3.8) is 0 Å². The fourth-order valence-corrected chi connectivity index (χ4v) is 1.72. The van der Waals surface area contributed by atoms with Gasteiger partial charge >= 0.3 is 11.9 Å². The summed E-state index contributed by atoms with van der Waals surface area (Å²) in [6.07, 6.45) is 3.26. The first kappa shape index (κ1) is 17.0. The van der Waals surface area contributed by atoms with Crippen LogP contribution in [0, 0.1) is 12.3 Å². The second-order valence-corrected chi connectivity index (χ2v) is 4.89. The third kappa shape index (κ3) is 4.45. The van der Waals surface area contributed by atoms with Crippen LogP contribution < -0.4 is 0 Å². The first-order chi connectivity index (χ1) is 9.93. The third-order valence-electron chi connectivity index (χ3n) is 3.09. The molecule has 4 heteroatoms. The second kappa shape index (κ2) is 7.62. The fourth-order valence-electron chi connectivity index (χ4n) is 1.72. The molecule has 1 aromatic rings. The van der Waals surface area contributed by atoms with Gasteiger partial charge in [0.15, 0.2) is 5.41 Å². The molecule has 4 nitrogen and oxygen atoms in total. The number of benzene rings is 1. The molecular weight excluding hydrogens is 268 g/mol. The number of hydrogen-bond donors (Lipinski definition) is 0. The number of aryl methyl sites for hydroxylation is 1. The monoisotopic (exact) mass is 290 g/mol. The Morgan fingerprint density at radius 1 is 1.05 bits per heavy atom. The van der Waals surface area contributed by atoms with Crippen molar-refractivity contribution in [2.24, 2.45) is 5.41 Å². The van der Waals surface area contributed by atoms with Crippen molar-refractivity contribution in [3.8, 4) is 0 Å². The molecule has 0 saturated heterocycles. The van der Waals surface area contributed by atoms with Gasteiger partial charge in [0.1, 0.15) is 0 Å². The highest BCUT2D eigenvalue weighted by Crippen LogP contribution is 2.24. The zero-order valence-electron chi connectivity index (χ0n) is 13.0. The Kier molecular flexibility index (Phi) is 6.15. The lowest BCUT2D eigenvalue weighted by atomic mass is 9.89. The van der Waals surface area contributed by atoms with E-state index in [1.54, 1.807) is 19.9 Å². The normalized spacial score (nSPS) is 11.4. The topological polar surface area (TPSA) is 52.6 Å². The predicted octanol–water partition coefficient (Wildman–Crippen LogP) is 3.14. The largest absolute Gasteiger partial charge is 0.465 e. The fraction of sp³-hybridized carbons (Fsp3) is 0.412. The van der Waals surface area contributed by atoms with E-state index < -0.39 is 17.4 Å². The Balaban J connectivity index is 3.03. The van der Waals surface area contributed by atoms with Gasteiger partial charge in [-0.2, -0.15) is 0 Å². The molecular formula is C17H22O4. The zero-order chi connectivity index (χ0) is 15.9. The Morgan fingerprint density at radius 2 is 1.52 bits per heavy atom. The second-order valence-electron chi connectivity index (χ2n) is 4.89. The van der Waals surface area contributed by atoms with Crippen LogP contribution in [0.2, 0.25) is 0 Å². The average Bonchev–Trinajstić information content (AvgIpc) is 2.46. The number of hydrogen-bond acceptors (Lipinski definition) is 4. The standard InChI is InChI=1S/C17H22O4/c1-5-20-15(18)17(4,16(19)21-6-2)12-11-14-9-7-13(3)8-10-14/h7-12H,5-6H2,1-4H3/b12-11+. The minimum absolute atomic E-state index is 0.214. The van der Waals surface area contributed by atoms with E-state index >= 15 is 0 Å². The molecule has 114 valence electrons. The molecule has 0 radical (unpaired) electrons. The van der Waals surface area contributed by atoms with Crippen LogP contribution in [-0.4, -0.2) is 25.2 Å². The molecule has 0 aromatic heterocycles. The van der Waals surface area contributed by atoms with Crippen LogP contribution in [0.15, 0.2) is 30.3 Å². The van der Waals surface area contributed by atoms with Gasteiger partial charge in [-0.05, 0) is 33.3 Å². The van der Waals surface area contributed by atoms with Crippen LogP contribution in [0.3, 0.4) is 0 Å². The Bertz CT molecular complexity index is 496. The van der Waals surface area contributed by atoms with E-state index in [1.807, 2.05) is 31.2 Å². The maximum atomic E-state index is 12.1. The van der Waals surface area contributed by atoms with Gasteiger partial charge in [0.05, 0.1) is 13.2 Å². The van der Waals surface area contributed by atoms with E-state index in [0.29, 0.717) is 0 Å². The lowest BCUT2D eigenvalue weighted by molar-refractivity contribution is -0.166. The summed E-state index contributed by atoms with van der Waals surface area (Å²) >= 11 is 0. The van der Waals surface area contributed by atoms with Gasteiger partial charge < -0.3 is 9.47 Å². The molecule has 0 saturated carbocycles. The lowest BCUT2D eigenvalue weighted by Crippen LogP contribution is -2.37. The number of esters is 2. The SMILES string of the molecule is CCOC(=O)C(C)(/C=C/c1ccc(C)cc1)C(=O)OCC. The molecule has 0 aliphatic carbocycles. The summed E-state index contributed by atoms with van der Waals surface area (Å²) in [6.45, 7) is 7.33. The average molecular weight is 290 g/mol. The van der Waals surface area contributed by atoms with Crippen LogP contribution >= 0.6 is 0 Å². The van der Waals surface area contributed by atoms with E-state index in [-0.39, 0.29) is 13.2 Å². The Morgan fingerprint density at radius 3 is 1.95 bits per heavy atom. The zero-order valence-corrected chi connectivity index (χ0v) is 13.0. The van der Waals surface area contributed by atoms with Crippen LogP contribution in [0.5, 0.6) is 0 Å². The quantitative estimate of drug-likeness (QED) is 0.596. The summed E-state index contributed by atoms with van der Waals surface area (Å²) in [6, 6.07) is 7.77. The molecule has 0 atom stereocenters. The first-order valence-corrected chi connectivity index (χ1v) is 7.04. The predicted molar refractivity (Wildman–Crippen MR) is 81.6 cm³/mol. The van der Waals surface area contributed by atoms with Crippen molar-refractivity contribution in [1.29, 1.82) is 0 Å². The van der Waals surface area contributed by atoms with Crippen molar-refractivity contribution < 1.29 is 19.1 Å². The van der Waals surface area contributed by atoms with E-state index in [1.165, 1.54) is 13.0 Å². The van der Waals surface area contributed by atoms with Gasteiger partial charge in [0.2, 0.25) is 0 Å². The molecule has 0 bridgehead atoms. The molecule has 0 aliphatic heterocycles. The van der Waals surface area contributed by atoms with E-state index in [9.17, 15) is 9.59 Å². The number of ether oxygens (including phenoxy) is 2. The van der Waals surface area contributed by atoms with Gasteiger partial charge in [0, 0.05) is 0 Å². The van der Waals surface area contributed by atoms with Crippen molar-refractivity contribution in [2.75, 3.05) is 13.2 Å². The third-order valence-corrected chi connectivity index (χ3v) is 3.09. The number of rotatable bonds is 6. The summed E-state index contributed by atoms with van der Waals surface area (Å²) in [5, 5.41) is 0. The molecule has 21 heavy (non-hydrogen) atoms. The highest BCUT2D eigenvalue weighted by Gasteiger charge is 2.41. The molecule has 0 aliphatic rings. The highest BCUT2D eigenvalue weighted by atomic mass is 16.6. The molecule has 1 rings (SSSR count). The molecule has 0 fully saturated rings. The van der Waals surface area contributed by atoms with E-state index in [4.69, 9.17) is 9.47 Å². The minimum Gasteiger partial charge on any atom is -0.465 e. The molecule has 1 aromatic carbocycles. The van der Waals surface area contributed by atoms with E-state index in [0.717, 1.165) is 11.1 Å². The van der Waals surface area contributed by atoms with Crippen LogP contribution in [0.1, 0.15) is 31.9 Å². The van der Waals surface area contributed by atoms with Crippen molar-refractivity contribution in [2.45, 2.75) is 27.7 Å². The highest BCUT2D eigenvalue weighted by molar-refractivity contribution is 6.02. The molecule has 0 amide bonds. The van der Waals surface area contributed by atoms with Gasteiger partial charge in [0.25, 0.3) is 0 Å². The van der Waals surface area contributed by atoms with Gasteiger partial charge in [-0.15, -0.1) is 0 Å². The van der Waals surface area contributed by atoms with Crippen molar-refractivity contribution in [1.82, 2.24) is 0 Å². The van der Waals surface area contributed by atoms with Crippen LogP contribution in [0.25, 0.3) is 6.08 Å². The Labute approximate surface area is 125 Å². The molecule has 0 N–H and O–H groups in total. The number of carbonyl (C=O) groups is 2. The molecule has 0 unspecified atom stereocenters. The summed E-state index contributed by atoms with van der Waals surface area (Å²) in [5.41, 5.74) is 0.614. The van der Waals surface area contributed by atoms with Crippen LogP contribution in [0.4, 0.5) is 0 Å². The minimum atomic E-state index is -1.43. The Hall–Kier alpha value is -2.10. The number of carbonyl (C=O) groups excluding carboxylic acids is 2. The molecule has 0 heterocycles. The van der Waals surface area contributed by atoms with Crippen molar-refractivity contribution in [3.05, 3.63) is 41.5 Å². The summed E-state index contributed by atoms with van der Waals surface area (Å²) in [4.78, 5) is 24.2. The summed E-state index contributed by atoms with van der Waals surface area (Å²) in [5.74, 6) is -1.21. The van der Waals surface area contributed by atoms with Gasteiger partial charge in [-0.1, -0.05) is 42.0 Å². The first-order valence-electron chi connectivity index (χ1n) is 7.04. The maximum Gasteiger partial charge on any atom is 0.327 e. The smallest absolute Gasteiger partial charge is 0.327 e. The van der Waals surface area contributed by atoms with Gasteiger partial charge in [-0.3, -0.25) is 9.59 Å². The van der Waals surface area contributed by atoms with Gasteiger partial charge in [-0.25, -0.2) is 0 Å². The maximum absolute atomic E-state index is 12.1. The van der Waals surface area contributed by atoms with Crippen molar-refractivity contribution >= 4 is 18.0 Å². The lowest BCUT2D eigenvalue weighted by Gasteiger charge is -2.21. The summed E-state index contributed by atoms with van der Waals surface area (Å²) in [7, 11) is 0.